The molecule has 2 aliphatic rings. The van der Waals surface area contributed by atoms with Crippen molar-refractivity contribution >= 4 is 38.4 Å². The van der Waals surface area contributed by atoms with Crippen LogP contribution in [0, 0.1) is 0 Å². The van der Waals surface area contributed by atoms with Gasteiger partial charge in [0, 0.05) is 17.2 Å². The fraction of sp³-hybridized carbons (Fsp3) is 0.0606. The lowest BCUT2D eigenvalue weighted by molar-refractivity contribution is 1.24. The summed E-state index contributed by atoms with van der Waals surface area (Å²) in [6, 6.07) is 35.6. The first-order chi connectivity index (χ1) is 17.4. The van der Waals surface area contributed by atoms with Crippen LogP contribution in [0.4, 0.5) is 0 Å². The van der Waals surface area contributed by atoms with Gasteiger partial charge in [0.15, 0.2) is 0 Å². The summed E-state index contributed by atoms with van der Waals surface area (Å²) in [6.07, 6.45) is 1.98. The molecule has 0 amide bonds. The van der Waals surface area contributed by atoms with Crippen molar-refractivity contribution in [1.82, 2.24) is 9.38 Å². The van der Waals surface area contributed by atoms with Gasteiger partial charge in [-0.3, -0.25) is 4.40 Å². The van der Waals surface area contributed by atoms with Crippen molar-refractivity contribution in [2.24, 2.45) is 0 Å². The van der Waals surface area contributed by atoms with Crippen LogP contribution >= 0.6 is 0 Å². The maximum atomic E-state index is 5.35. The highest BCUT2D eigenvalue weighted by atomic mass is 15.0. The Bertz CT molecular complexity index is 2060. The van der Waals surface area contributed by atoms with E-state index in [2.05, 4.69) is 101 Å². The van der Waals surface area contributed by atoms with Crippen LogP contribution in [0.2, 0.25) is 0 Å². The smallest absolute Gasteiger partial charge is 0.146 e. The lowest BCUT2D eigenvalue weighted by Gasteiger charge is -2.09. The van der Waals surface area contributed by atoms with E-state index in [1.54, 1.807) is 0 Å². The minimum atomic E-state index is 0.944. The van der Waals surface area contributed by atoms with E-state index in [4.69, 9.17) is 4.98 Å². The van der Waals surface area contributed by atoms with Crippen LogP contribution in [0.5, 0.6) is 0 Å². The van der Waals surface area contributed by atoms with Crippen LogP contribution < -0.4 is 0 Å². The lowest BCUT2D eigenvalue weighted by Crippen LogP contribution is -1.91. The minimum absolute atomic E-state index is 0.944. The molecule has 2 aliphatic carbocycles. The number of pyridine rings is 1. The molecule has 0 atom stereocenters. The maximum Gasteiger partial charge on any atom is 0.146 e. The second kappa shape index (κ2) is 6.17. The van der Waals surface area contributed by atoms with Crippen LogP contribution in [0.15, 0.2) is 97.1 Å². The largest absolute Gasteiger partial charge is 0.292 e. The summed E-state index contributed by atoms with van der Waals surface area (Å²) < 4.78 is 2.37. The molecule has 0 saturated heterocycles. The van der Waals surface area contributed by atoms with Crippen molar-refractivity contribution in [2.75, 3.05) is 0 Å². The van der Waals surface area contributed by atoms with Gasteiger partial charge in [0.05, 0.1) is 16.6 Å². The molecular formula is C33H20N2. The molecule has 9 rings (SSSR count). The summed E-state index contributed by atoms with van der Waals surface area (Å²) in [5.41, 5.74) is 15.9. The van der Waals surface area contributed by atoms with Crippen LogP contribution in [-0.4, -0.2) is 9.38 Å². The topological polar surface area (TPSA) is 17.3 Å². The molecule has 0 spiro atoms. The summed E-state index contributed by atoms with van der Waals surface area (Å²) in [7, 11) is 0. The molecule has 2 heterocycles. The predicted molar refractivity (Wildman–Crippen MR) is 144 cm³/mol. The zero-order valence-corrected chi connectivity index (χ0v) is 19.0. The van der Waals surface area contributed by atoms with Crippen LogP contribution in [0.3, 0.4) is 0 Å². The summed E-state index contributed by atoms with van der Waals surface area (Å²) in [4.78, 5) is 5.35. The second-order valence-corrected chi connectivity index (χ2v) is 9.93. The molecule has 0 fully saturated rings. The summed E-state index contributed by atoms with van der Waals surface area (Å²) in [6.45, 7) is 0. The number of aromatic nitrogens is 2. The molecule has 162 valence electrons. The highest BCUT2D eigenvalue weighted by molar-refractivity contribution is 6.14. The highest BCUT2D eigenvalue weighted by Crippen LogP contribution is 2.49. The van der Waals surface area contributed by atoms with E-state index >= 15 is 0 Å². The number of nitrogens with zero attached hydrogens (tertiary/aromatic N) is 2. The van der Waals surface area contributed by atoms with Gasteiger partial charge in [-0.2, -0.15) is 0 Å². The monoisotopic (exact) mass is 444 g/mol. The van der Waals surface area contributed by atoms with E-state index in [0.29, 0.717) is 0 Å². The molecule has 7 aromatic rings. The Balaban J connectivity index is 1.39. The molecule has 35 heavy (non-hydrogen) atoms. The Labute approximate surface area is 202 Å². The maximum absolute atomic E-state index is 5.35. The van der Waals surface area contributed by atoms with Gasteiger partial charge in [0.2, 0.25) is 0 Å². The highest BCUT2D eigenvalue weighted by Gasteiger charge is 2.30. The van der Waals surface area contributed by atoms with Crippen LogP contribution in [0.25, 0.3) is 60.6 Å². The van der Waals surface area contributed by atoms with Gasteiger partial charge in [0.1, 0.15) is 5.65 Å². The Hall–Kier alpha value is -4.43. The summed E-state index contributed by atoms with van der Waals surface area (Å²) >= 11 is 0. The van der Waals surface area contributed by atoms with Gasteiger partial charge in [-0.15, -0.1) is 0 Å². The van der Waals surface area contributed by atoms with Gasteiger partial charge in [-0.1, -0.05) is 84.9 Å². The second-order valence-electron chi connectivity index (χ2n) is 9.93. The lowest BCUT2D eigenvalue weighted by atomic mass is 9.95. The predicted octanol–water partition coefficient (Wildman–Crippen LogP) is 7.94. The van der Waals surface area contributed by atoms with Gasteiger partial charge < -0.3 is 0 Å². The fourth-order valence-electron chi connectivity index (χ4n) is 6.78. The standard InChI is InChI=1S/C33H20N2/c1-2-8-21-19(7-1)17-20-13-14-23-24-15-16-30-32(28(24)18-27(23)31(20)21)34-33-26-11-4-3-9-22(26)25-10-5-6-12-29(25)35(30)33/h1-16H,17-18H2. The number of hydrogen-bond acceptors (Lipinski definition) is 1. The summed E-state index contributed by atoms with van der Waals surface area (Å²) in [5.74, 6) is 0. The molecule has 0 N–H and O–H groups in total. The Morgan fingerprint density at radius 1 is 0.514 bits per heavy atom. The first-order valence-electron chi connectivity index (χ1n) is 12.3. The van der Waals surface area contributed by atoms with Crippen molar-refractivity contribution in [1.29, 1.82) is 0 Å². The van der Waals surface area contributed by atoms with Gasteiger partial charge in [-0.25, -0.2) is 4.98 Å². The van der Waals surface area contributed by atoms with Crippen molar-refractivity contribution < 1.29 is 0 Å². The number of imidazole rings is 1. The fourth-order valence-corrected chi connectivity index (χ4v) is 6.78. The number of hydrogen-bond donors (Lipinski definition) is 0. The average Bonchev–Trinajstić information content (AvgIpc) is 3.59. The van der Waals surface area contributed by atoms with Crippen molar-refractivity contribution in [2.45, 2.75) is 12.8 Å². The third-order valence-electron chi connectivity index (χ3n) is 8.25. The zero-order valence-electron chi connectivity index (χ0n) is 19.0. The number of rotatable bonds is 0. The first kappa shape index (κ1) is 18.0. The number of fused-ring (bicyclic) bond motifs is 16. The Kier molecular flexibility index (Phi) is 3.16. The van der Waals surface area contributed by atoms with E-state index in [9.17, 15) is 0 Å². The Morgan fingerprint density at radius 3 is 2.20 bits per heavy atom. The summed E-state index contributed by atoms with van der Waals surface area (Å²) in [5, 5.41) is 3.75. The molecule has 2 aromatic heterocycles. The Morgan fingerprint density at radius 2 is 1.26 bits per heavy atom. The van der Waals surface area contributed by atoms with Gasteiger partial charge >= 0.3 is 0 Å². The average molecular weight is 445 g/mol. The minimum Gasteiger partial charge on any atom is -0.292 e. The van der Waals surface area contributed by atoms with E-state index in [1.807, 2.05) is 0 Å². The van der Waals surface area contributed by atoms with Gasteiger partial charge in [0.25, 0.3) is 0 Å². The molecule has 0 radical (unpaired) electrons. The van der Waals surface area contributed by atoms with E-state index in [1.165, 1.54) is 71.7 Å². The molecule has 0 bridgehead atoms. The molecule has 0 unspecified atom stereocenters. The number of benzene rings is 5. The van der Waals surface area contributed by atoms with Crippen molar-refractivity contribution in [3.8, 4) is 22.3 Å². The van der Waals surface area contributed by atoms with Crippen molar-refractivity contribution in [3.05, 3.63) is 119 Å². The van der Waals surface area contributed by atoms with E-state index in [-0.39, 0.29) is 0 Å². The van der Waals surface area contributed by atoms with Crippen LogP contribution in [-0.2, 0) is 12.8 Å². The quantitative estimate of drug-likeness (QED) is 0.217. The molecule has 5 aromatic carbocycles. The third-order valence-corrected chi connectivity index (χ3v) is 8.25. The molecule has 2 nitrogen and oxygen atoms in total. The molecular weight excluding hydrogens is 424 g/mol. The zero-order chi connectivity index (χ0) is 22.7. The van der Waals surface area contributed by atoms with Crippen LogP contribution in [0.1, 0.15) is 22.3 Å². The molecule has 0 saturated carbocycles. The number of para-hydroxylation sites is 1. The first-order valence-corrected chi connectivity index (χ1v) is 12.3. The molecule has 2 heteroatoms. The van der Waals surface area contributed by atoms with E-state index in [0.717, 1.165) is 24.0 Å². The SMILES string of the molecule is c1ccc2c(c1)Cc1ccc3c(c1-2)Cc1c-3ccc2c1nc1c3ccccc3c3ccccc3n21. The van der Waals surface area contributed by atoms with E-state index < -0.39 is 0 Å². The molecule has 0 aliphatic heterocycles. The van der Waals surface area contributed by atoms with Crippen molar-refractivity contribution in [3.63, 3.8) is 0 Å². The normalized spacial score (nSPS) is 13.5. The van der Waals surface area contributed by atoms with Gasteiger partial charge in [-0.05, 0) is 68.4 Å². The third kappa shape index (κ3) is 2.14.